The minimum absolute atomic E-state index is 0.145. The van der Waals surface area contributed by atoms with Gasteiger partial charge in [0.1, 0.15) is 6.04 Å². The summed E-state index contributed by atoms with van der Waals surface area (Å²) >= 11 is 0. The SMILES string of the molecule is COC1CC(C(=O)O)N(C(=O)c2cnn(C(C)C)c2C)C1. The molecule has 2 heterocycles. The van der Waals surface area contributed by atoms with E-state index in [0.717, 1.165) is 5.69 Å². The smallest absolute Gasteiger partial charge is 0.326 e. The van der Waals surface area contributed by atoms with Gasteiger partial charge in [-0.25, -0.2) is 4.79 Å². The van der Waals surface area contributed by atoms with E-state index in [0.29, 0.717) is 18.5 Å². The fourth-order valence-electron chi connectivity index (χ4n) is 2.74. The van der Waals surface area contributed by atoms with Gasteiger partial charge in [0.05, 0.1) is 17.9 Å². The van der Waals surface area contributed by atoms with E-state index >= 15 is 0 Å². The number of nitrogens with zero attached hydrogens (tertiary/aromatic N) is 3. The molecule has 0 bridgehead atoms. The highest BCUT2D eigenvalue weighted by Crippen LogP contribution is 2.24. The molecule has 21 heavy (non-hydrogen) atoms. The van der Waals surface area contributed by atoms with Gasteiger partial charge in [0.25, 0.3) is 5.91 Å². The van der Waals surface area contributed by atoms with Crippen molar-refractivity contribution >= 4 is 11.9 Å². The number of aliphatic carboxylic acids is 1. The fourth-order valence-corrected chi connectivity index (χ4v) is 2.74. The Balaban J connectivity index is 2.28. The molecule has 1 aromatic rings. The van der Waals surface area contributed by atoms with Gasteiger partial charge in [0.2, 0.25) is 0 Å². The van der Waals surface area contributed by atoms with E-state index in [9.17, 15) is 14.7 Å². The van der Waals surface area contributed by atoms with Gasteiger partial charge in [-0.3, -0.25) is 9.48 Å². The topological polar surface area (TPSA) is 84.7 Å². The van der Waals surface area contributed by atoms with Gasteiger partial charge in [0, 0.05) is 31.8 Å². The van der Waals surface area contributed by atoms with Gasteiger partial charge >= 0.3 is 5.97 Å². The number of aromatic nitrogens is 2. The summed E-state index contributed by atoms with van der Waals surface area (Å²) in [7, 11) is 1.53. The first-order valence-electron chi connectivity index (χ1n) is 6.97. The van der Waals surface area contributed by atoms with Crippen molar-refractivity contribution in [2.75, 3.05) is 13.7 Å². The van der Waals surface area contributed by atoms with E-state index < -0.39 is 12.0 Å². The normalized spacial score (nSPS) is 22.0. The Morgan fingerprint density at radius 1 is 1.48 bits per heavy atom. The van der Waals surface area contributed by atoms with Crippen molar-refractivity contribution in [2.45, 2.75) is 45.4 Å². The van der Waals surface area contributed by atoms with Crippen LogP contribution in [0.1, 0.15) is 42.4 Å². The average molecular weight is 295 g/mol. The fraction of sp³-hybridized carbons (Fsp3) is 0.643. The Labute approximate surface area is 123 Å². The summed E-state index contributed by atoms with van der Waals surface area (Å²) in [6.45, 7) is 6.06. The van der Waals surface area contributed by atoms with Gasteiger partial charge in [-0.1, -0.05) is 0 Å². The summed E-state index contributed by atoms with van der Waals surface area (Å²) in [4.78, 5) is 25.3. The van der Waals surface area contributed by atoms with Crippen molar-refractivity contribution in [1.82, 2.24) is 14.7 Å². The molecule has 2 unspecified atom stereocenters. The minimum Gasteiger partial charge on any atom is -0.480 e. The number of rotatable bonds is 4. The maximum absolute atomic E-state index is 12.6. The molecule has 1 saturated heterocycles. The number of ether oxygens (including phenoxy) is 1. The van der Waals surface area contributed by atoms with Crippen LogP contribution in [0.2, 0.25) is 0 Å². The van der Waals surface area contributed by atoms with Crippen LogP contribution in [0.3, 0.4) is 0 Å². The monoisotopic (exact) mass is 295 g/mol. The Kier molecular flexibility index (Phi) is 4.32. The van der Waals surface area contributed by atoms with E-state index in [4.69, 9.17) is 4.74 Å². The number of carboxylic acid groups (broad SMARTS) is 1. The molecule has 1 aliphatic heterocycles. The molecular formula is C14H21N3O4. The molecular weight excluding hydrogens is 274 g/mol. The number of carbonyl (C=O) groups excluding carboxylic acids is 1. The van der Waals surface area contributed by atoms with Crippen molar-refractivity contribution < 1.29 is 19.4 Å². The zero-order valence-corrected chi connectivity index (χ0v) is 12.7. The number of carboxylic acids is 1. The van der Waals surface area contributed by atoms with Crippen LogP contribution in [-0.2, 0) is 9.53 Å². The quantitative estimate of drug-likeness (QED) is 0.898. The van der Waals surface area contributed by atoms with E-state index in [2.05, 4.69) is 5.10 Å². The summed E-state index contributed by atoms with van der Waals surface area (Å²) in [5, 5.41) is 13.5. The summed E-state index contributed by atoms with van der Waals surface area (Å²) in [5.74, 6) is -1.30. The van der Waals surface area contributed by atoms with Crippen LogP contribution in [0.5, 0.6) is 0 Å². The molecule has 1 N–H and O–H groups in total. The second kappa shape index (κ2) is 5.85. The van der Waals surface area contributed by atoms with Crippen LogP contribution in [0.4, 0.5) is 0 Å². The zero-order valence-electron chi connectivity index (χ0n) is 12.7. The molecule has 1 fully saturated rings. The molecule has 1 aliphatic rings. The van der Waals surface area contributed by atoms with E-state index in [1.165, 1.54) is 18.2 Å². The van der Waals surface area contributed by atoms with Crippen LogP contribution >= 0.6 is 0 Å². The van der Waals surface area contributed by atoms with Crippen molar-refractivity contribution in [3.05, 3.63) is 17.5 Å². The molecule has 0 aromatic carbocycles. The third-order valence-corrected chi connectivity index (χ3v) is 3.91. The molecule has 2 atom stereocenters. The van der Waals surface area contributed by atoms with Crippen LogP contribution in [-0.4, -0.2) is 57.5 Å². The standard InChI is InChI=1S/C14H21N3O4/c1-8(2)17-9(3)11(6-15-17)13(18)16-7-10(21-4)5-12(16)14(19)20/h6,8,10,12H,5,7H2,1-4H3,(H,19,20). The first kappa shape index (κ1) is 15.5. The first-order chi connectivity index (χ1) is 9.86. The third-order valence-electron chi connectivity index (χ3n) is 3.91. The van der Waals surface area contributed by atoms with Crippen molar-refractivity contribution in [3.63, 3.8) is 0 Å². The number of carbonyl (C=O) groups is 2. The van der Waals surface area contributed by atoms with Gasteiger partial charge < -0.3 is 14.7 Å². The molecule has 0 saturated carbocycles. The Morgan fingerprint density at radius 3 is 2.62 bits per heavy atom. The maximum atomic E-state index is 12.6. The largest absolute Gasteiger partial charge is 0.480 e. The molecule has 1 amide bonds. The lowest BCUT2D eigenvalue weighted by molar-refractivity contribution is -0.141. The molecule has 1 aromatic heterocycles. The second-order valence-corrected chi connectivity index (χ2v) is 5.59. The Morgan fingerprint density at radius 2 is 2.14 bits per heavy atom. The molecule has 0 radical (unpaired) electrons. The summed E-state index contributed by atoms with van der Waals surface area (Å²) in [5.41, 5.74) is 1.20. The number of hydrogen-bond donors (Lipinski definition) is 1. The summed E-state index contributed by atoms with van der Waals surface area (Å²) < 4.78 is 6.96. The predicted molar refractivity (Wildman–Crippen MR) is 75.2 cm³/mol. The van der Waals surface area contributed by atoms with Crippen LogP contribution in [0.15, 0.2) is 6.20 Å². The minimum atomic E-state index is -1.00. The lowest BCUT2D eigenvalue weighted by Crippen LogP contribution is -2.40. The van der Waals surface area contributed by atoms with Crippen molar-refractivity contribution in [3.8, 4) is 0 Å². The van der Waals surface area contributed by atoms with Gasteiger partial charge in [-0.05, 0) is 20.8 Å². The van der Waals surface area contributed by atoms with Crippen LogP contribution in [0, 0.1) is 6.92 Å². The molecule has 7 heteroatoms. The first-order valence-corrected chi connectivity index (χ1v) is 6.97. The van der Waals surface area contributed by atoms with Gasteiger partial charge in [-0.2, -0.15) is 5.10 Å². The highest BCUT2D eigenvalue weighted by Gasteiger charge is 2.40. The molecule has 116 valence electrons. The van der Waals surface area contributed by atoms with Crippen molar-refractivity contribution in [1.29, 1.82) is 0 Å². The maximum Gasteiger partial charge on any atom is 0.326 e. The summed E-state index contributed by atoms with van der Waals surface area (Å²) in [6.07, 6.45) is 1.58. The van der Waals surface area contributed by atoms with E-state index in [1.54, 1.807) is 4.68 Å². The van der Waals surface area contributed by atoms with Crippen LogP contribution < -0.4 is 0 Å². The number of hydrogen-bond acceptors (Lipinski definition) is 4. The lowest BCUT2D eigenvalue weighted by atomic mass is 10.2. The lowest BCUT2D eigenvalue weighted by Gasteiger charge is -2.21. The molecule has 2 rings (SSSR count). The highest BCUT2D eigenvalue weighted by atomic mass is 16.5. The Bertz CT molecular complexity index is 552. The highest BCUT2D eigenvalue weighted by molar-refractivity contribution is 5.97. The second-order valence-electron chi connectivity index (χ2n) is 5.59. The average Bonchev–Trinajstić information content (AvgIpc) is 3.01. The van der Waals surface area contributed by atoms with Gasteiger partial charge in [-0.15, -0.1) is 0 Å². The van der Waals surface area contributed by atoms with E-state index in [1.807, 2.05) is 20.8 Å². The zero-order chi connectivity index (χ0) is 15.7. The number of amides is 1. The Hall–Kier alpha value is -1.89. The third kappa shape index (κ3) is 2.78. The van der Waals surface area contributed by atoms with E-state index in [-0.39, 0.29) is 18.1 Å². The predicted octanol–water partition coefficient (Wildman–Crippen LogP) is 1.09. The number of methoxy groups -OCH3 is 1. The summed E-state index contributed by atoms with van der Waals surface area (Å²) in [6, 6.07) is -0.698. The molecule has 0 spiro atoms. The molecule has 7 nitrogen and oxygen atoms in total. The van der Waals surface area contributed by atoms with Gasteiger partial charge in [0.15, 0.2) is 0 Å². The van der Waals surface area contributed by atoms with Crippen molar-refractivity contribution in [2.24, 2.45) is 0 Å². The number of likely N-dealkylation sites (tertiary alicyclic amines) is 1. The molecule has 0 aliphatic carbocycles. The van der Waals surface area contributed by atoms with Crippen LogP contribution in [0.25, 0.3) is 0 Å².